The van der Waals surface area contributed by atoms with Crippen molar-refractivity contribution in [3.63, 3.8) is 0 Å². The van der Waals surface area contributed by atoms with Crippen LogP contribution in [0.25, 0.3) is 182 Å². The second-order valence-corrected chi connectivity index (χ2v) is 35.1. The maximum Gasteiger partial charge on any atom is 0.294 e. The smallest absolute Gasteiger partial charge is 0.294 e. The largest absolute Gasteiger partial charge is 0.354 e. The van der Waals surface area contributed by atoms with Gasteiger partial charge in [0.15, 0.2) is 0 Å². The fourth-order valence-corrected chi connectivity index (χ4v) is 17.4. The van der Waals surface area contributed by atoms with Crippen LogP contribution in [0.15, 0.2) is 248 Å². The fraction of sp³-hybridized carbons (Fsp3) is 0. The highest BCUT2D eigenvalue weighted by Crippen LogP contribution is 2.46. The van der Waals surface area contributed by atoms with Crippen LogP contribution < -0.4 is 0 Å². The average molecular weight is 1630 g/mol. The zero-order chi connectivity index (χ0) is 79.7. The lowest BCUT2D eigenvalue weighted by Gasteiger charge is -2.13. The third-order valence-corrected chi connectivity index (χ3v) is 24.8. The molecular weight excluding hydrogens is 1580 g/mol. The maximum absolute atomic E-state index is 12.6. The SMILES string of the molecule is O=S(=O)(O)c1ccc(-c2c3nc(c(-c4ccc(S(=O)(=O)O)cc4)c4ccc([nH]4)c(-c4ccccc4-c4c5nc(c(-c6ccc(S(=O)(=O)O)cc6)c6ccc([nH]6)c(-c6ccc(S(=O)(=O)O)cc6)c6nc(c(-c7ccc(S(=O)(=O)O)cc7)c7ccc4[nH]7)C=C6)C=C5)c4nc(c(-c5ccc(S(=O)(=O)O)cc5)c5ccc2[nH]5)C=C4)C=C3)cc1. The molecule has 0 aliphatic carbocycles. The van der Waals surface area contributed by atoms with Crippen LogP contribution in [0, 0.1) is 0 Å². The summed E-state index contributed by atoms with van der Waals surface area (Å²) < 4.78 is 212. The van der Waals surface area contributed by atoms with Gasteiger partial charge in [0.1, 0.15) is 0 Å². The Bertz CT molecular complexity index is 6990. The van der Waals surface area contributed by atoms with E-state index < -0.39 is 80.3 Å². The summed E-state index contributed by atoms with van der Waals surface area (Å²) in [5.74, 6) is 0. The summed E-state index contributed by atoms with van der Waals surface area (Å²) in [6.07, 6.45) is 14.0. The molecule has 17 rings (SSSR count). The highest BCUT2D eigenvalue weighted by atomic mass is 32.2. The minimum absolute atomic E-state index is 0.330. The summed E-state index contributed by atoms with van der Waals surface area (Å²) in [7, 11) is -28.1. The standard InChI is InChI=1S/C82H54N8O18S6/c91-109(92,93)51-17-5-45(6-18-51)75-59-29-33-63(83-59)77(47-9-21-53(22-10-47)111(97,98)99)67-37-41-71(87-67)81(72-42-38-68(88-72)78(64-34-30-60(75)84-64)48-11-23-54(24-12-48)112(100,101)102)57-3-1-2-4-58(57)82-73-43-39-69(89-73)79(49-13-25-55(26-14-49)113(103,104)105)65-35-31-61(85-65)76(46-7-19-52(20-8-46)110(94,95)96)62-32-36-66(86-62)80(70-40-44-74(82)90-70)50-15-27-56(28-16-50)114(106,107)108/h1-44,83,85,88,90H,(H,91,92,93)(H,94,95,96)(H,97,98,99)(H,100,101,102)(H,103,104,105)(H,106,107,108). The number of aromatic nitrogens is 8. The molecular formula is C82H54N8O18S6. The van der Waals surface area contributed by atoms with Crippen LogP contribution in [-0.4, -0.2) is 118 Å². The lowest BCUT2D eigenvalue weighted by Crippen LogP contribution is -1.98. The van der Waals surface area contributed by atoms with Crippen molar-refractivity contribution < 1.29 is 77.8 Å². The Labute approximate surface area is 648 Å². The quantitative estimate of drug-likeness (QED) is 0.0452. The number of benzene rings is 7. The second-order valence-electron chi connectivity index (χ2n) is 26.5. The summed E-state index contributed by atoms with van der Waals surface area (Å²) in [4.78, 5) is 33.5. The maximum atomic E-state index is 12.6. The molecule has 16 bridgehead atoms. The van der Waals surface area contributed by atoms with Gasteiger partial charge >= 0.3 is 0 Å². The van der Waals surface area contributed by atoms with Crippen LogP contribution >= 0.6 is 0 Å². The molecule has 0 fully saturated rings. The predicted octanol–water partition coefficient (Wildman–Crippen LogP) is 16.4. The molecule has 0 saturated heterocycles. The predicted molar refractivity (Wildman–Crippen MR) is 434 cm³/mol. The Morgan fingerprint density at radius 3 is 0.474 bits per heavy atom. The molecule has 7 aromatic carbocycles. The minimum atomic E-state index is -4.70. The Balaban J connectivity index is 1.00. The third kappa shape index (κ3) is 13.9. The van der Waals surface area contributed by atoms with Gasteiger partial charge in [-0.05, 0) is 214 Å². The van der Waals surface area contributed by atoms with Crippen molar-refractivity contribution >= 4 is 153 Å². The monoisotopic (exact) mass is 1630 g/mol. The van der Waals surface area contributed by atoms with E-state index in [2.05, 4.69) is 19.9 Å². The molecule has 4 aliphatic heterocycles. The van der Waals surface area contributed by atoms with Crippen LogP contribution in [0.2, 0.25) is 0 Å². The first-order valence-electron chi connectivity index (χ1n) is 34.2. The molecule has 6 aromatic heterocycles. The molecule has 10 heterocycles. The minimum Gasteiger partial charge on any atom is -0.354 e. The number of hydrogen-bond donors (Lipinski definition) is 10. The number of H-pyrrole nitrogens is 4. The van der Waals surface area contributed by atoms with Gasteiger partial charge in [0.05, 0.1) is 74.9 Å². The Kier molecular flexibility index (Phi) is 17.9. The van der Waals surface area contributed by atoms with Crippen molar-refractivity contribution in [1.29, 1.82) is 0 Å². The number of fused-ring (bicyclic) bond motifs is 16. The van der Waals surface area contributed by atoms with Crippen LogP contribution in [0.4, 0.5) is 0 Å². The number of hydrogen-bond acceptors (Lipinski definition) is 16. The Morgan fingerprint density at radius 1 is 0.184 bits per heavy atom. The summed E-state index contributed by atoms with van der Waals surface area (Å²) >= 11 is 0. The molecule has 0 atom stereocenters. The highest BCUT2D eigenvalue weighted by molar-refractivity contribution is 7.87. The molecule has 0 saturated carbocycles. The van der Waals surface area contributed by atoms with E-state index >= 15 is 0 Å². The number of nitrogens with zero attached hydrogens (tertiary/aromatic N) is 4. The van der Waals surface area contributed by atoms with E-state index in [9.17, 15) is 77.8 Å². The topological polar surface area (TPSA) is 441 Å². The molecule has 0 spiro atoms. The first kappa shape index (κ1) is 74.0. The summed E-state index contributed by atoms with van der Waals surface area (Å²) in [6, 6.07) is 54.6. The van der Waals surface area contributed by atoms with Gasteiger partial charge in [-0.1, -0.05) is 97.1 Å². The molecule has 566 valence electrons. The van der Waals surface area contributed by atoms with Crippen molar-refractivity contribution in [2.24, 2.45) is 0 Å². The zero-order valence-corrected chi connectivity index (χ0v) is 63.1. The van der Waals surface area contributed by atoms with Gasteiger partial charge in [0.25, 0.3) is 60.7 Å². The van der Waals surface area contributed by atoms with E-state index in [1.807, 2.05) is 36.4 Å². The van der Waals surface area contributed by atoms with E-state index in [0.717, 1.165) is 0 Å². The third-order valence-electron chi connectivity index (χ3n) is 19.6. The van der Waals surface area contributed by atoms with Crippen LogP contribution in [0.1, 0.15) is 45.6 Å². The molecule has 0 radical (unpaired) electrons. The van der Waals surface area contributed by atoms with Gasteiger partial charge < -0.3 is 19.9 Å². The van der Waals surface area contributed by atoms with Gasteiger partial charge in [0.2, 0.25) is 0 Å². The first-order chi connectivity index (χ1) is 54.2. The Morgan fingerprint density at radius 2 is 0.325 bits per heavy atom. The lowest BCUT2D eigenvalue weighted by atomic mass is 9.92. The molecule has 0 amide bonds. The molecule has 114 heavy (non-hydrogen) atoms. The van der Waals surface area contributed by atoms with Crippen molar-refractivity contribution in [1.82, 2.24) is 39.9 Å². The van der Waals surface area contributed by atoms with Crippen molar-refractivity contribution in [2.75, 3.05) is 0 Å². The van der Waals surface area contributed by atoms with Crippen molar-refractivity contribution in [3.8, 4) is 89.0 Å². The fourth-order valence-electron chi connectivity index (χ4n) is 14.5. The van der Waals surface area contributed by atoms with E-state index in [1.165, 1.54) is 146 Å². The summed E-state index contributed by atoms with van der Waals surface area (Å²) in [5, 5.41) is 0. The van der Waals surface area contributed by atoms with E-state index in [-0.39, 0.29) is 9.79 Å². The van der Waals surface area contributed by atoms with Crippen LogP contribution in [-0.2, 0) is 60.7 Å². The Hall–Kier alpha value is -12.8. The van der Waals surface area contributed by atoms with Gasteiger partial charge in [-0.3, -0.25) is 27.3 Å². The normalized spacial score (nSPS) is 13.1. The van der Waals surface area contributed by atoms with Crippen LogP contribution in [0.5, 0.6) is 0 Å². The first-order valence-corrected chi connectivity index (χ1v) is 42.8. The molecule has 0 unspecified atom stereocenters. The van der Waals surface area contributed by atoms with E-state index in [0.29, 0.717) is 179 Å². The number of rotatable bonds is 14. The van der Waals surface area contributed by atoms with Crippen molar-refractivity contribution in [3.05, 3.63) is 264 Å². The summed E-state index contributed by atoms with van der Waals surface area (Å²) in [5.41, 5.74) is 13.1. The van der Waals surface area contributed by atoms with Gasteiger partial charge in [-0.2, -0.15) is 50.5 Å². The van der Waals surface area contributed by atoms with Gasteiger partial charge in [0, 0.05) is 88.6 Å². The highest BCUT2D eigenvalue weighted by Gasteiger charge is 2.27. The van der Waals surface area contributed by atoms with Crippen LogP contribution in [0.3, 0.4) is 0 Å². The molecule has 26 nitrogen and oxygen atoms in total. The molecule has 32 heteroatoms. The molecule has 4 aliphatic rings. The van der Waals surface area contributed by atoms with Gasteiger partial charge in [-0.25, -0.2) is 19.9 Å². The zero-order valence-electron chi connectivity index (χ0n) is 58.2. The second kappa shape index (κ2) is 27.5. The number of nitrogens with one attached hydrogen (secondary N) is 4. The van der Waals surface area contributed by atoms with E-state index in [4.69, 9.17) is 19.9 Å². The lowest BCUT2D eigenvalue weighted by molar-refractivity contribution is 0.481. The van der Waals surface area contributed by atoms with E-state index in [1.54, 1.807) is 85.0 Å². The van der Waals surface area contributed by atoms with Crippen molar-refractivity contribution in [2.45, 2.75) is 29.4 Å². The van der Waals surface area contributed by atoms with Gasteiger partial charge in [-0.15, -0.1) is 0 Å². The molecule has 13 aromatic rings. The average Bonchev–Trinajstić information content (AvgIpc) is 1.59. The number of aromatic amines is 4. The summed E-state index contributed by atoms with van der Waals surface area (Å²) in [6.45, 7) is 0. The molecule has 10 N–H and O–H groups in total.